The Morgan fingerprint density at radius 1 is 1.20 bits per heavy atom. The minimum absolute atomic E-state index is 0.129. The normalized spacial score (nSPS) is 21.9. The quantitative estimate of drug-likeness (QED) is 0.476. The van der Waals surface area contributed by atoms with Gasteiger partial charge < -0.3 is 4.90 Å². The summed E-state index contributed by atoms with van der Waals surface area (Å²) >= 11 is 1.05. The van der Waals surface area contributed by atoms with Crippen molar-refractivity contribution in [3.63, 3.8) is 0 Å². The average molecular weight is 287 g/mol. The zero-order valence-corrected chi connectivity index (χ0v) is 11.6. The van der Waals surface area contributed by atoms with Crippen LogP contribution >= 0.6 is 11.8 Å². The van der Waals surface area contributed by atoms with Gasteiger partial charge in [-0.15, -0.1) is 0 Å². The molecule has 2 fully saturated rings. The van der Waals surface area contributed by atoms with E-state index < -0.39 is 0 Å². The lowest BCUT2D eigenvalue weighted by Gasteiger charge is -2.25. The topological polar surface area (TPSA) is 64.4 Å². The number of piperidine rings is 1. The molecule has 102 valence electrons. The summed E-state index contributed by atoms with van der Waals surface area (Å²) in [6, 6.07) is 6.43. The van der Waals surface area contributed by atoms with Crippen LogP contribution in [0.25, 0.3) is 0 Å². The van der Waals surface area contributed by atoms with Gasteiger partial charge >= 0.3 is 6.03 Å². The van der Waals surface area contributed by atoms with E-state index in [9.17, 15) is 9.59 Å². The Hall–Kier alpha value is -2.00. The number of imide groups is 1. The SMILES string of the molecule is N#CSc1ccc(N2C(=O)C3CCCCN3C2=O)cc1. The van der Waals surface area contributed by atoms with Gasteiger partial charge in [-0.05, 0) is 55.3 Å². The van der Waals surface area contributed by atoms with Gasteiger partial charge in [0.05, 0.1) is 5.69 Å². The second-order valence-corrected chi connectivity index (χ2v) is 5.71. The first-order valence-corrected chi connectivity index (χ1v) is 7.34. The molecule has 1 aromatic rings. The Kier molecular flexibility index (Phi) is 3.36. The number of hydrogen-bond donors (Lipinski definition) is 0. The summed E-state index contributed by atoms with van der Waals surface area (Å²) in [6.07, 6.45) is 2.70. The molecule has 0 aromatic heterocycles. The summed E-state index contributed by atoms with van der Waals surface area (Å²) in [4.78, 5) is 28.4. The smallest absolute Gasteiger partial charge is 0.312 e. The summed E-state index contributed by atoms with van der Waals surface area (Å²) in [5.41, 5.74) is 0.580. The Balaban J connectivity index is 1.88. The Morgan fingerprint density at radius 2 is 1.95 bits per heavy atom. The molecule has 3 rings (SSSR count). The number of benzene rings is 1. The molecule has 0 N–H and O–H groups in total. The highest BCUT2D eigenvalue weighted by molar-refractivity contribution is 8.03. The first kappa shape index (κ1) is 13.0. The molecule has 0 spiro atoms. The molecule has 1 aromatic carbocycles. The van der Waals surface area contributed by atoms with Gasteiger partial charge in [0.25, 0.3) is 5.91 Å². The third-order valence-corrected chi connectivity index (χ3v) is 4.30. The molecule has 2 aliphatic rings. The van der Waals surface area contributed by atoms with Crippen LogP contribution in [0.4, 0.5) is 10.5 Å². The van der Waals surface area contributed by atoms with E-state index >= 15 is 0 Å². The first-order valence-electron chi connectivity index (χ1n) is 6.53. The lowest BCUT2D eigenvalue weighted by Crippen LogP contribution is -2.39. The van der Waals surface area contributed by atoms with Crippen molar-refractivity contribution in [2.75, 3.05) is 11.4 Å². The number of thiocyanates is 1. The molecule has 1 atom stereocenters. The summed E-state index contributed by atoms with van der Waals surface area (Å²) < 4.78 is 0. The van der Waals surface area contributed by atoms with Crippen molar-refractivity contribution in [2.45, 2.75) is 30.2 Å². The van der Waals surface area contributed by atoms with Crippen LogP contribution in [0, 0.1) is 10.7 Å². The van der Waals surface area contributed by atoms with Gasteiger partial charge in [-0.25, -0.2) is 9.69 Å². The van der Waals surface area contributed by atoms with Gasteiger partial charge in [-0.2, -0.15) is 5.26 Å². The number of carbonyl (C=O) groups excluding carboxylic acids is 2. The van der Waals surface area contributed by atoms with Crippen molar-refractivity contribution in [1.29, 1.82) is 5.26 Å². The van der Waals surface area contributed by atoms with Crippen molar-refractivity contribution < 1.29 is 9.59 Å². The molecule has 2 saturated heterocycles. The van der Waals surface area contributed by atoms with E-state index in [1.54, 1.807) is 29.2 Å². The summed E-state index contributed by atoms with van der Waals surface area (Å²) in [7, 11) is 0. The van der Waals surface area contributed by atoms with Crippen LogP contribution in [0.2, 0.25) is 0 Å². The molecule has 5 nitrogen and oxygen atoms in total. The van der Waals surface area contributed by atoms with Crippen LogP contribution in [0.3, 0.4) is 0 Å². The predicted octanol–water partition coefficient (Wildman–Crippen LogP) is 2.58. The number of hydrogen-bond acceptors (Lipinski definition) is 4. The second kappa shape index (κ2) is 5.17. The van der Waals surface area contributed by atoms with Crippen molar-refractivity contribution in [3.05, 3.63) is 24.3 Å². The number of nitriles is 1. The maximum absolute atomic E-state index is 12.4. The molecule has 20 heavy (non-hydrogen) atoms. The maximum atomic E-state index is 12.4. The third-order valence-electron chi connectivity index (χ3n) is 3.70. The fraction of sp³-hybridized carbons (Fsp3) is 0.357. The van der Waals surface area contributed by atoms with Gasteiger partial charge in [-0.1, -0.05) is 0 Å². The zero-order valence-electron chi connectivity index (χ0n) is 10.8. The van der Waals surface area contributed by atoms with Gasteiger partial charge in [-0.3, -0.25) is 4.79 Å². The number of fused-ring (bicyclic) bond motifs is 1. The van der Waals surface area contributed by atoms with Crippen molar-refractivity contribution in [2.24, 2.45) is 0 Å². The molecule has 6 heteroatoms. The van der Waals surface area contributed by atoms with Crippen LogP contribution in [-0.2, 0) is 4.79 Å². The second-order valence-electron chi connectivity index (χ2n) is 4.85. The van der Waals surface area contributed by atoms with Gasteiger partial charge in [0, 0.05) is 11.4 Å². The Morgan fingerprint density at radius 3 is 2.60 bits per heavy atom. The number of nitrogens with zero attached hydrogens (tertiary/aromatic N) is 3. The largest absolute Gasteiger partial charge is 0.332 e. The molecule has 3 amide bonds. The fourth-order valence-corrected chi connectivity index (χ4v) is 3.12. The molecule has 2 heterocycles. The highest BCUT2D eigenvalue weighted by Gasteiger charge is 2.46. The minimum atomic E-state index is -0.288. The van der Waals surface area contributed by atoms with Crippen LogP contribution < -0.4 is 4.90 Å². The summed E-state index contributed by atoms with van der Waals surface area (Å²) in [6.45, 7) is 0.661. The number of anilines is 1. The lowest BCUT2D eigenvalue weighted by atomic mass is 10.0. The summed E-state index contributed by atoms with van der Waals surface area (Å²) in [5, 5.41) is 10.6. The Labute approximate surface area is 121 Å². The predicted molar refractivity (Wildman–Crippen MR) is 75.1 cm³/mol. The number of thioether (sulfide) groups is 1. The minimum Gasteiger partial charge on any atom is -0.312 e. The molecular weight excluding hydrogens is 274 g/mol. The third kappa shape index (κ3) is 2.04. The standard InChI is InChI=1S/C14H13N3O2S/c15-9-20-11-6-4-10(5-7-11)17-13(18)12-3-1-2-8-16(12)14(17)19/h4-7,12H,1-3,8H2. The molecule has 0 bridgehead atoms. The maximum Gasteiger partial charge on any atom is 0.332 e. The van der Waals surface area contributed by atoms with E-state index in [1.807, 2.05) is 5.40 Å². The number of urea groups is 1. The van der Waals surface area contributed by atoms with Crippen LogP contribution in [-0.4, -0.2) is 29.4 Å². The molecule has 0 aliphatic carbocycles. The number of carbonyl (C=O) groups is 2. The first-order chi connectivity index (χ1) is 9.72. The highest BCUT2D eigenvalue weighted by atomic mass is 32.2. The van der Waals surface area contributed by atoms with Crippen molar-refractivity contribution in [3.8, 4) is 5.40 Å². The average Bonchev–Trinajstić information content (AvgIpc) is 2.73. The van der Waals surface area contributed by atoms with E-state index in [2.05, 4.69) is 0 Å². The van der Waals surface area contributed by atoms with Crippen LogP contribution in [0.5, 0.6) is 0 Å². The van der Waals surface area contributed by atoms with E-state index in [0.29, 0.717) is 12.2 Å². The highest BCUT2D eigenvalue weighted by Crippen LogP contribution is 2.31. The number of rotatable bonds is 2. The van der Waals surface area contributed by atoms with E-state index in [0.717, 1.165) is 35.9 Å². The van der Waals surface area contributed by atoms with E-state index in [-0.39, 0.29) is 18.0 Å². The van der Waals surface area contributed by atoms with Gasteiger partial charge in [0.15, 0.2) is 0 Å². The Bertz CT molecular complexity index is 569. The van der Waals surface area contributed by atoms with Gasteiger partial charge in [0.2, 0.25) is 0 Å². The molecular formula is C14H13N3O2S. The van der Waals surface area contributed by atoms with Crippen molar-refractivity contribution >= 4 is 29.4 Å². The molecule has 0 saturated carbocycles. The monoisotopic (exact) mass is 287 g/mol. The molecule has 1 unspecified atom stereocenters. The van der Waals surface area contributed by atoms with E-state index in [4.69, 9.17) is 5.26 Å². The van der Waals surface area contributed by atoms with Crippen LogP contribution in [0.15, 0.2) is 29.2 Å². The zero-order chi connectivity index (χ0) is 14.1. The molecule has 0 radical (unpaired) electrons. The molecule has 2 aliphatic heterocycles. The summed E-state index contributed by atoms with van der Waals surface area (Å²) in [5.74, 6) is -0.129. The van der Waals surface area contributed by atoms with Crippen LogP contribution in [0.1, 0.15) is 19.3 Å². The van der Waals surface area contributed by atoms with Gasteiger partial charge in [0.1, 0.15) is 11.4 Å². The van der Waals surface area contributed by atoms with Crippen molar-refractivity contribution in [1.82, 2.24) is 4.90 Å². The van der Waals surface area contributed by atoms with E-state index in [1.165, 1.54) is 4.90 Å². The number of amides is 3. The lowest BCUT2D eigenvalue weighted by molar-refractivity contribution is -0.120. The fourth-order valence-electron chi connectivity index (χ4n) is 2.74.